The molecule has 2 aliphatic heterocycles. The molecule has 0 radical (unpaired) electrons. The number of allylic oxidation sites excluding steroid dienone is 1. The number of aliphatic hydroxyl groups excluding tert-OH is 1. The number of carbonyl (C=O) groups excluding carboxylic acids is 1. The highest BCUT2D eigenvalue weighted by Crippen LogP contribution is 2.48. The first-order valence-electron chi connectivity index (χ1n) is 9.67. The zero-order valence-corrected chi connectivity index (χ0v) is 17.1. The number of hydrogen-bond acceptors (Lipinski definition) is 7. The maximum absolute atomic E-state index is 13.5. The van der Waals surface area contributed by atoms with E-state index in [4.69, 9.17) is 18.9 Å². The summed E-state index contributed by atoms with van der Waals surface area (Å²) < 4.78 is 22.7. The van der Waals surface area contributed by atoms with Crippen molar-refractivity contribution in [3.05, 3.63) is 52.6 Å². The van der Waals surface area contributed by atoms with Gasteiger partial charge in [-0.15, -0.1) is 5.75 Å². The molecule has 30 heavy (non-hydrogen) atoms. The molecule has 2 heterocycles. The summed E-state index contributed by atoms with van der Waals surface area (Å²) in [5.41, 5.74) is 2.19. The van der Waals surface area contributed by atoms with Crippen molar-refractivity contribution in [1.82, 2.24) is 0 Å². The maximum atomic E-state index is 13.5. The Labute approximate surface area is 174 Å². The first kappa shape index (κ1) is 20.1. The standard InChI is InChI=1S/C23H24O7/c1-12(10-24)4-5-13-16(25)7-6-14-22(26)21-15-8-18(27-2)19(28-3)9-17(15)29-11-20(21)30-23(13)14/h4,6-9,20-21,24-25H,5,10-11H2,1-3H3/p-1/b12-4+/t20-,21+/m1/s1. The highest BCUT2D eigenvalue weighted by atomic mass is 16.5. The highest BCUT2D eigenvalue weighted by molar-refractivity contribution is 6.05. The lowest BCUT2D eigenvalue weighted by Crippen LogP contribution is -2.43. The predicted octanol–water partition coefficient (Wildman–Crippen LogP) is 2.38. The van der Waals surface area contributed by atoms with Gasteiger partial charge in [-0.25, -0.2) is 0 Å². The predicted molar refractivity (Wildman–Crippen MR) is 107 cm³/mol. The second kappa shape index (κ2) is 7.91. The molecule has 0 aliphatic carbocycles. The average Bonchev–Trinajstić information content (AvgIpc) is 2.76. The van der Waals surface area contributed by atoms with E-state index in [0.717, 1.165) is 5.57 Å². The van der Waals surface area contributed by atoms with E-state index >= 15 is 0 Å². The lowest BCUT2D eigenvalue weighted by molar-refractivity contribution is -0.269. The van der Waals surface area contributed by atoms with E-state index in [9.17, 15) is 15.0 Å². The Kier molecular flexibility index (Phi) is 5.30. The highest BCUT2D eigenvalue weighted by Gasteiger charge is 2.44. The lowest BCUT2D eigenvalue weighted by Gasteiger charge is -2.38. The maximum Gasteiger partial charge on any atom is 0.178 e. The Bertz CT molecular complexity index is 1020. The van der Waals surface area contributed by atoms with Crippen molar-refractivity contribution >= 4 is 5.78 Å². The van der Waals surface area contributed by atoms with Gasteiger partial charge in [-0.05, 0) is 31.0 Å². The number of rotatable bonds is 5. The summed E-state index contributed by atoms with van der Waals surface area (Å²) in [6.45, 7) is 1.85. The van der Waals surface area contributed by atoms with Gasteiger partial charge in [-0.3, -0.25) is 4.79 Å². The summed E-state index contributed by atoms with van der Waals surface area (Å²) in [4.78, 5) is 13.5. The normalized spacial score (nSPS) is 19.7. The van der Waals surface area contributed by atoms with Gasteiger partial charge in [0.2, 0.25) is 0 Å². The number of carbonyl (C=O) groups is 1. The summed E-state index contributed by atoms with van der Waals surface area (Å²) in [6.07, 6.45) is 1.49. The molecule has 2 aliphatic rings. The molecular formula is C23H23O7-. The van der Waals surface area contributed by atoms with Crippen LogP contribution in [0.4, 0.5) is 0 Å². The van der Waals surface area contributed by atoms with E-state index in [0.29, 0.717) is 39.7 Å². The molecule has 2 aromatic rings. The molecule has 1 N–H and O–H groups in total. The first-order valence-corrected chi connectivity index (χ1v) is 9.67. The Balaban J connectivity index is 1.78. The van der Waals surface area contributed by atoms with Crippen molar-refractivity contribution in [2.45, 2.75) is 25.4 Å². The van der Waals surface area contributed by atoms with Gasteiger partial charge in [0.25, 0.3) is 0 Å². The van der Waals surface area contributed by atoms with Crippen LogP contribution >= 0.6 is 0 Å². The van der Waals surface area contributed by atoms with Crippen LogP contribution < -0.4 is 24.1 Å². The van der Waals surface area contributed by atoms with E-state index in [1.807, 2.05) is 0 Å². The molecule has 0 saturated carbocycles. The molecule has 2 aromatic carbocycles. The minimum absolute atomic E-state index is 0.0936. The Hall–Kier alpha value is -3.19. The van der Waals surface area contributed by atoms with Crippen LogP contribution in [-0.2, 0) is 6.42 Å². The number of hydrogen-bond donors (Lipinski definition) is 1. The van der Waals surface area contributed by atoms with Gasteiger partial charge in [0.15, 0.2) is 17.3 Å². The summed E-state index contributed by atoms with van der Waals surface area (Å²) in [5.74, 6) is 0.983. The topological polar surface area (TPSA) is 97.3 Å². The molecule has 158 valence electrons. The average molecular weight is 411 g/mol. The molecule has 7 heteroatoms. The van der Waals surface area contributed by atoms with Crippen LogP contribution in [0.3, 0.4) is 0 Å². The minimum Gasteiger partial charge on any atom is -0.872 e. The quantitative estimate of drug-likeness (QED) is 0.755. The van der Waals surface area contributed by atoms with E-state index < -0.39 is 12.0 Å². The zero-order valence-electron chi connectivity index (χ0n) is 17.1. The van der Waals surface area contributed by atoms with E-state index in [1.165, 1.54) is 26.4 Å². The number of benzene rings is 2. The van der Waals surface area contributed by atoms with Gasteiger partial charge in [0, 0.05) is 11.6 Å². The third kappa shape index (κ3) is 3.25. The number of aliphatic hydroxyl groups is 1. The molecule has 0 bridgehead atoms. The Morgan fingerprint density at radius 1 is 1.27 bits per heavy atom. The summed E-state index contributed by atoms with van der Waals surface area (Å²) in [6, 6.07) is 6.38. The second-order valence-electron chi connectivity index (χ2n) is 7.39. The molecular weight excluding hydrogens is 388 g/mol. The minimum atomic E-state index is -0.568. The SMILES string of the molecule is COc1cc2c(cc1OC)[C@@H]1C(=O)c3ccc([O-])c(C/C=C(\C)CO)c3O[C@@H]1CO2. The fraction of sp³-hybridized carbons (Fsp3) is 0.348. The monoisotopic (exact) mass is 411 g/mol. The Morgan fingerprint density at radius 2 is 2.00 bits per heavy atom. The van der Waals surface area contributed by atoms with Crippen molar-refractivity contribution in [2.75, 3.05) is 27.4 Å². The number of ether oxygens (including phenoxy) is 4. The molecule has 4 rings (SSSR count). The summed E-state index contributed by atoms with van der Waals surface area (Å²) in [7, 11) is 3.07. The molecule has 0 spiro atoms. The van der Waals surface area contributed by atoms with Crippen LogP contribution in [0, 0.1) is 0 Å². The third-order valence-electron chi connectivity index (χ3n) is 5.56. The first-order chi connectivity index (χ1) is 14.5. The van der Waals surface area contributed by atoms with Crippen molar-refractivity contribution in [3.8, 4) is 28.7 Å². The van der Waals surface area contributed by atoms with Gasteiger partial charge in [0.1, 0.15) is 24.2 Å². The largest absolute Gasteiger partial charge is 0.872 e. The van der Waals surface area contributed by atoms with Crippen LogP contribution in [0.25, 0.3) is 0 Å². The molecule has 0 fully saturated rings. The van der Waals surface area contributed by atoms with Gasteiger partial charge in [0.05, 0.1) is 32.3 Å². The van der Waals surface area contributed by atoms with Crippen LogP contribution in [-0.4, -0.2) is 44.4 Å². The fourth-order valence-corrected chi connectivity index (χ4v) is 3.92. The van der Waals surface area contributed by atoms with Crippen molar-refractivity contribution in [2.24, 2.45) is 0 Å². The summed E-state index contributed by atoms with van der Waals surface area (Å²) >= 11 is 0. The van der Waals surface area contributed by atoms with Crippen LogP contribution in [0.5, 0.6) is 28.7 Å². The Morgan fingerprint density at radius 3 is 2.70 bits per heavy atom. The zero-order chi connectivity index (χ0) is 21.4. The van der Waals surface area contributed by atoms with Crippen LogP contribution in [0.15, 0.2) is 35.9 Å². The molecule has 0 amide bonds. The number of ketones is 1. The smallest absolute Gasteiger partial charge is 0.178 e. The van der Waals surface area contributed by atoms with Crippen LogP contribution in [0.2, 0.25) is 0 Å². The molecule has 0 saturated heterocycles. The van der Waals surface area contributed by atoms with Gasteiger partial charge < -0.3 is 29.2 Å². The van der Waals surface area contributed by atoms with E-state index in [2.05, 4.69) is 0 Å². The van der Waals surface area contributed by atoms with Crippen molar-refractivity contribution < 1.29 is 34.0 Å². The third-order valence-corrected chi connectivity index (χ3v) is 5.56. The molecule has 2 atom stereocenters. The van der Waals surface area contributed by atoms with E-state index in [1.54, 1.807) is 25.1 Å². The van der Waals surface area contributed by atoms with Gasteiger partial charge >= 0.3 is 0 Å². The van der Waals surface area contributed by atoms with Gasteiger partial charge in [-0.1, -0.05) is 17.7 Å². The van der Waals surface area contributed by atoms with Crippen molar-refractivity contribution in [3.63, 3.8) is 0 Å². The summed E-state index contributed by atoms with van der Waals surface area (Å²) in [5, 5.41) is 21.7. The fourth-order valence-electron chi connectivity index (χ4n) is 3.92. The molecule has 0 aromatic heterocycles. The van der Waals surface area contributed by atoms with Crippen molar-refractivity contribution in [1.29, 1.82) is 0 Å². The number of fused-ring (bicyclic) bond motifs is 4. The lowest BCUT2D eigenvalue weighted by atomic mass is 9.81. The van der Waals surface area contributed by atoms with Crippen LogP contribution in [0.1, 0.15) is 34.3 Å². The van der Waals surface area contributed by atoms with Gasteiger partial charge in [-0.2, -0.15) is 0 Å². The number of Topliss-reactive ketones (excluding diaryl/α,β-unsaturated/α-hetero) is 1. The molecule has 7 nitrogen and oxygen atoms in total. The molecule has 0 unspecified atom stereocenters. The number of methoxy groups -OCH3 is 2. The second-order valence-corrected chi connectivity index (χ2v) is 7.39. The van der Waals surface area contributed by atoms with E-state index in [-0.39, 0.29) is 31.2 Å².